The summed E-state index contributed by atoms with van der Waals surface area (Å²) in [5, 5.41) is 2.58. The number of pyridine rings is 1. The predicted octanol–water partition coefficient (Wildman–Crippen LogP) is 3.35. The summed E-state index contributed by atoms with van der Waals surface area (Å²) in [6.07, 6.45) is 0. The highest BCUT2D eigenvalue weighted by atomic mass is 35.5. The first-order chi connectivity index (χ1) is 11.8. The van der Waals surface area contributed by atoms with Gasteiger partial charge in [-0.25, -0.2) is 9.78 Å². The van der Waals surface area contributed by atoms with Crippen LogP contribution in [0, 0.1) is 13.8 Å². The molecule has 0 spiro atoms. The van der Waals surface area contributed by atoms with Crippen LogP contribution in [0.4, 0.5) is 5.69 Å². The van der Waals surface area contributed by atoms with Gasteiger partial charge in [-0.15, -0.1) is 0 Å². The minimum atomic E-state index is -0.731. The summed E-state index contributed by atoms with van der Waals surface area (Å²) in [4.78, 5) is 39.7. The molecule has 0 aliphatic carbocycles. The van der Waals surface area contributed by atoms with Crippen LogP contribution in [0.5, 0.6) is 0 Å². The zero-order valence-corrected chi connectivity index (χ0v) is 14.8. The van der Waals surface area contributed by atoms with Gasteiger partial charge >= 0.3 is 5.97 Å². The number of aryl methyl sites for hydroxylation is 2. The van der Waals surface area contributed by atoms with Crippen molar-refractivity contribution in [2.45, 2.75) is 20.8 Å². The van der Waals surface area contributed by atoms with E-state index in [0.29, 0.717) is 22.5 Å². The molecule has 0 saturated heterocycles. The lowest BCUT2D eigenvalue weighted by Gasteiger charge is -2.11. The van der Waals surface area contributed by atoms with Crippen molar-refractivity contribution in [3.05, 3.63) is 57.9 Å². The summed E-state index contributed by atoms with van der Waals surface area (Å²) >= 11 is 5.98. The average Bonchev–Trinajstić information content (AvgIpc) is 2.52. The molecule has 0 atom stereocenters. The first kappa shape index (κ1) is 18.6. The number of carbonyl (C=O) groups is 3. The van der Waals surface area contributed by atoms with E-state index in [-0.39, 0.29) is 16.5 Å². The molecule has 0 aliphatic rings. The Morgan fingerprint density at radius 1 is 1.20 bits per heavy atom. The van der Waals surface area contributed by atoms with Gasteiger partial charge in [-0.1, -0.05) is 23.7 Å². The van der Waals surface area contributed by atoms with Crippen molar-refractivity contribution in [3.8, 4) is 0 Å². The first-order valence-electron chi connectivity index (χ1n) is 7.50. The molecule has 1 heterocycles. The van der Waals surface area contributed by atoms with E-state index in [1.807, 2.05) is 0 Å². The van der Waals surface area contributed by atoms with Gasteiger partial charge in [-0.05, 0) is 44.5 Å². The smallest absolute Gasteiger partial charge is 0.342 e. The van der Waals surface area contributed by atoms with Crippen molar-refractivity contribution in [3.63, 3.8) is 0 Å². The van der Waals surface area contributed by atoms with E-state index in [1.54, 1.807) is 44.2 Å². The van der Waals surface area contributed by atoms with E-state index >= 15 is 0 Å². The van der Waals surface area contributed by atoms with Gasteiger partial charge in [0.15, 0.2) is 12.4 Å². The maximum atomic E-state index is 12.1. The summed E-state index contributed by atoms with van der Waals surface area (Å²) in [5.41, 5.74) is 2.16. The molecule has 1 aromatic heterocycles. The maximum absolute atomic E-state index is 12.1. The van der Waals surface area contributed by atoms with Crippen LogP contribution < -0.4 is 5.32 Å². The number of rotatable bonds is 5. The van der Waals surface area contributed by atoms with Crippen molar-refractivity contribution in [1.82, 2.24) is 4.98 Å². The lowest BCUT2D eigenvalue weighted by molar-refractivity contribution is -0.119. The standard InChI is InChI=1S/C18H17ClN2O4/c1-10-8-11(2)20-17(19)16(10)18(24)25-9-15(23)21-14-7-5-4-6-13(14)12(3)22/h4-8H,9H2,1-3H3,(H,21,23). The van der Waals surface area contributed by atoms with Gasteiger partial charge in [0, 0.05) is 11.3 Å². The van der Waals surface area contributed by atoms with Crippen LogP contribution in [0.25, 0.3) is 0 Å². The Bertz CT molecular complexity index is 826. The SMILES string of the molecule is CC(=O)c1ccccc1NC(=O)COC(=O)c1c(C)cc(C)nc1Cl. The van der Waals surface area contributed by atoms with E-state index < -0.39 is 18.5 Å². The van der Waals surface area contributed by atoms with Crippen LogP contribution in [0.1, 0.15) is 38.9 Å². The number of nitrogens with zero attached hydrogens (tertiary/aromatic N) is 1. The Hall–Kier alpha value is -2.73. The van der Waals surface area contributed by atoms with Crippen molar-refractivity contribution >= 4 is 34.9 Å². The summed E-state index contributed by atoms with van der Waals surface area (Å²) in [5.74, 6) is -1.47. The number of ether oxygens (including phenoxy) is 1. The van der Waals surface area contributed by atoms with Crippen molar-refractivity contribution in [1.29, 1.82) is 0 Å². The van der Waals surface area contributed by atoms with Crippen LogP contribution in [0.15, 0.2) is 30.3 Å². The minimum Gasteiger partial charge on any atom is -0.452 e. The third-order valence-electron chi connectivity index (χ3n) is 3.42. The summed E-state index contributed by atoms with van der Waals surface area (Å²) in [6.45, 7) is 4.36. The second kappa shape index (κ2) is 7.90. The van der Waals surface area contributed by atoms with Gasteiger partial charge in [0.05, 0.1) is 11.3 Å². The van der Waals surface area contributed by atoms with Gasteiger partial charge in [-0.2, -0.15) is 0 Å². The molecule has 2 aromatic rings. The number of aromatic nitrogens is 1. The highest BCUT2D eigenvalue weighted by Gasteiger charge is 2.18. The van der Waals surface area contributed by atoms with Crippen molar-refractivity contribution in [2.75, 3.05) is 11.9 Å². The molecule has 1 N–H and O–H groups in total. The number of halogens is 1. The lowest BCUT2D eigenvalue weighted by Crippen LogP contribution is -2.22. The number of carbonyl (C=O) groups excluding carboxylic acids is 3. The molecule has 6 nitrogen and oxygen atoms in total. The Balaban J connectivity index is 2.04. The molecule has 0 bridgehead atoms. The largest absolute Gasteiger partial charge is 0.452 e. The van der Waals surface area contributed by atoms with Gasteiger partial charge < -0.3 is 10.1 Å². The number of hydrogen-bond acceptors (Lipinski definition) is 5. The molecular weight excluding hydrogens is 344 g/mol. The Kier molecular flexibility index (Phi) is 5.88. The van der Waals surface area contributed by atoms with E-state index in [4.69, 9.17) is 16.3 Å². The predicted molar refractivity (Wildman–Crippen MR) is 94.1 cm³/mol. The molecule has 1 amide bonds. The molecule has 0 aliphatic heterocycles. The summed E-state index contributed by atoms with van der Waals surface area (Å²) < 4.78 is 5.00. The topological polar surface area (TPSA) is 85.4 Å². The molecule has 0 radical (unpaired) electrons. The monoisotopic (exact) mass is 360 g/mol. The van der Waals surface area contributed by atoms with Crippen LogP contribution in [-0.4, -0.2) is 29.3 Å². The van der Waals surface area contributed by atoms with Gasteiger partial charge in [-0.3, -0.25) is 9.59 Å². The minimum absolute atomic E-state index is 0.0323. The number of Topliss-reactive ketones (excluding diaryl/α,β-unsaturated/α-hetero) is 1. The number of amides is 1. The highest BCUT2D eigenvalue weighted by Crippen LogP contribution is 2.20. The second-order valence-corrected chi connectivity index (χ2v) is 5.83. The van der Waals surface area contributed by atoms with Crippen LogP contribution in [0.3, 0.4) is 0 Å². The third-order valence-corrected chi connectivity index (χ3v) is 3.69. The number of esters is 1. The summed E-state index contributed by atoms with van der Waals surface area (Å²) in [7, 11) is 0. The quantitative estimate of drug-likeness (QED) is 0.502. The third kappa shape index (κ3) is 4.64. The molecule has 25 heavy (non-hydrogen) atoms. The molecule has 1 aromatic carbocycles. The number of ketones is 1. The van der Waals surface area contributed by atoms with Crippen LogP contribution in [-0.2, 0) is 9.53 Å². The molecule has 0 saturated carbocycles. The van der Waals surface area contributed by atoms with Crippen molar-refractivity contribution in [2.24, 2.45) is 0 Å². The molecular formula is C18H17ClN2O4. The van der Waals surface area contributed by atoms with E-state index in [1.165, 1.54) is 6.92 Å². The molecule has 0 fully saturated rings. The fraction of sp³-hybridized carbons (Fsp3) is 0.222. The average molecular weight is 361 g/mol. The van der Waals surface area contributed by atoms with Gasteiger partial charge in [0.1, 0.15) is 5.15 Å². The first-order valence-corrected chi connectivity index (χ1v) is 7.88. The second-order valence-electron chi connectivity index (χ2n) is 5.47. The number of para-hydroxylation sites is 1. The fourth-order valence-electron chi connectivity index (χ4n) is 2.33. The Labute approximate surface area is 150 Å². The number of nitrogens with one attached hydrogen (secondary N) is 1. The zero-order chi connectivity index (χ0) is 18.6. The molecule has 7 heteroatoms. The number of anilines is 1. The summed E-state index contributed by atoms with van der Waals surface area (Å²) in [6, 6.07) is 8.29. The van der Waals surface area contributed by atoms with Crippen molar-refractivity contribution < 1.29 is 19.1 Å². The van der Waals surface area contributed by atoms with E-state index in [9.17, 15) is 14.4 Å². The molecule has 2 rings (SSSR count). The Morgan fingerprint density at radius 2 is 1.88 bits per heavy atom. The van der Waals surface area contributed by atoms with Crippen LogP contribution in [0.2, 0.25) is 5.15 Å². The molecule has 0 unspecified atom stereocenters. The zero-order valence-electron chi connectivity index (χ0n) is 14.1. The van der Waals surface area contributed by atoms with Gasteiger partial charge in [0.2, 0.25) is 0 Å². The van der Waals surface area contributed by atoms with E-state index in [0.717, 1.165) is 0 Å². The molecule has 130 valence electrons. The number of benzene rings is 1. The van der Waals surface area contributed by atoms with Crippen LogP contribution >= 0.6 is 11.6 Å². The maximum Gasteiger partial charge on any atom is 0.342 e. The number of hydrogen-bond donors (Lipinski definition) is 1. The normalized spacial score (nSPS) is 10.2. The highest BCUT2D eigenvalue weighted by molar-refractivity contribution is 6.32. The van der Waals surface area contributed by atoms with Gasteiger partial charge in [0.25, 0.3) is 5.91 Å². The van der Waals surface area contributed by atoms with E-state index in [2.05, 4.69) is 10.3 Å². The fourth-order valence-corrected chi connectivity index (χ4v) is 2.68. The lowest BCUT2D eigenvalue weighted by atomic mass is 10.1. The Morgan fingerprint density at radius 3 is 2.52 bits per heavy atom.